The molecule has 0 spiro atoms. The van der Waals surface area contributed by atoms with Crippen molar-refractivity contribution >= 4 is 23.2 Å². The highest BCUT2D eigenvalue weighted by Crippen LogP contribution is 2.29. The van der Waals surface area contributed by atoms with E-state index in [0.29, 0.717) is 22.4 Å². The maximum Gasteiger partial charge on any atom is 0.255 e. The van der Waals surface area contributed by atoms with Crippen LogP contribution >= 0.6 is 11.6 Å². The summed E-state index contributed by atoms with van der Waals surface area (Å²) in [7, 11) is 1.58. The van der Waals surface area contributed by atoms with E-state index in [4.69, 9.17) is 16.3 Å². The fourth-order valence-corrected chi connectivity index (χ4v) is 2.58. The van der Waals surface area contributed by atoms with Gasteiger partial charge in [0, 0.05) is 10.6 Å². The molecule has 1 aromatic carbocycles. The first kappa shape index (κ1) is 13.0. The molecule has 2 N–H and O–H groups in total. The van der Waals surface area contributed by atoms with E-state index in [0.717, 1.165) is 30.5 Å². The van der Waals surface area contributed by atoms with Crippen molar-refractivity contribution in [2.45, 2.75) is 19.3 Å². The summed E-state index contributed by atoms with van der Waals surface area (Å²) in [6.45, 7) is 0. The standard InChI is InChI=1S/C14H14ClN3O2/c1-20-12-6-5-8(15)7-11(12)17-14-16-10-4-2-3-9(10)13(19)18-14/h5-7H,2-4H2,1H3,(H2,16,17,18,19). The molecule has 0 saturated heterocycles. The predicted molar refractivity (Wildman–Crippen MR) is 78.2 cm³/mol. The summed E-state index contributed by atoms with van der Waals surface area (Å²) in [6, 6.07) is 5.23. The summed E-state index contributed by atoms with van der Waals surface area (Å²) in [5, 5.41) is 3.64. The maximum absolute atomic E-state index is 12.0. The van der Waals surface area contributed by atoms with Gasteiger partial charge in [0.2, 0.25) is 5.95 Å². The number of hydrogen-bond donors (Lipinski definition) is 2. The Morgan fingerprint density at radius 2 is 2.25 bits per heavy atom. The van der Waals surface area contributed by atoms with Gasteiger partial charge in [-0.05, 0) is 37.5 Å². The van der Waals surface area contributed by atoms with Crippen LogP contribution in [-0.2, 0) is 12.8 Å². The van der Waals surface area contributed by atoms with Gasteiger partial charge >= 0.3 is 0 Å². The molecule has 1 heterocycles. The highest BCUT2D eigenvalue weighted by molar-refractivity contribution is 6.30. The van der Waals surface area contributed by atoms with Crippen molar-refractivity contribution < 1.29 is 4.74 Å². The molecule has 3 rings (SSSR count). The second-order valence-electron chi connectivity index (χ2n) is 4.66. The zero-order valence-electron chi connectivity index (χ0n) is 11.0. The molecule has 20 heavy (non-hydrogen) atoms. The molecule has 1 aliphatic rings. The van der Waals surface area contributed by atoms with Gasteiger partial charge in [-0.25, -0.2) is 4.98 Å². The molecular formula is C14H14ClN3O2. The molecule has 0 fully saturated rings. The first-order valence-electron chi connectivity index (χ1n) is 6.40. The van der Waals surface area contributed by atoms with Crippen LogP contribution in [-0.4, -0.2) is 17.1 Å². The number of aryl methyl sites for hydroxylation is 1. The fraction of sp³-hybridized carbons (Fsp3) is 0.286. The Morgan fingerprint density at radius 1 is 1.40 bits per heavy atom. The number of aromatic nitrogens is 2. The number of hydrogen-bond acceptors (Lipinski definition) is 4. The van der Waals surface area contributed by atoms with Crippen molar-refractivity contribution in [1.82, 2.24) is 9.97 Å². The Hall–Kier alpha value is -2.01. The van der Waals surface area contributed by atoms with Gasteiger partial charge in [-0.2, -0.15) is 0 Å². The van der Waals surface area contributed by atoms with Crippen molar-refractivity contribution in [2.24, 2.45) is 0 Å². The average molecular weight is 292 g/mol. The lowest BCUT2D eigenvalue weighted by molar-refractivity contribution is 0.417. The van der Waals surface area contributed by atoms with Crippen molar-refractivity contribution in [1.29, 1.82) is 0 Å². The average Bonchev–Trinajstić information content (AvgIpc) is 2.88. The van der Waals surface area contributed by atoms with Gasteiger partial charge in [0.15, 0.2) is 0 Å². The molecule has 0 aliphatic heterocycles. The summed E-state index contributed by atoms with van der Waals surface area (Å²) in [5.41, 5.74) is 2.27. The maximum atomic E-state index is 12.0. The van der Waals surface area contributed by atoms with Gasteiger partial charge in [0.1, 0.15) is 5.75 Å². The van der Waals surface area contributed by atoms with Crippen LogP contribution in [0, 0.1) is 0 Å². The number of ether oxygens (including phenoxy) is 1. The Kier molecular flexibility index (Phi) is 3.36. The second-order valence-corrected chi connectivity index (χ2v) is 5.10. The number of aromatic amines is 1. The van der Waals surface area contributed by atoms with Crippen LogP contribution in [0.4, 0.5) is 11.6 Å². The highest BCUT2D eigenvalue weighted by atomic mass is 35.5. The second kappa shape index (κ2) is 5.17. The van der Waals surface area contributed by atoms with E-state index in [-0.39, 0.29) is 5.56 Å². The minimum atomic E-state index is -0.0732. The van der Waals surface area contributed by atoms with Crippen LogP contribution < -0.4 is 15.6 Å². The topological polar surface area (TPSA) is 67.0 Å². The molecule has 6 heteroatoms. The van der Waals surface area contributed by atoms with Gasteiger partial charge in [-0.1, -0.05) is 11.6 Å². The van der Waals surface area contributed by atoms with Crippen molar-refractivity contribution in [3.63, 3.8) is 0 Å². The molecule has 5 nitrogen and oxygen atoms in total. The molecule has 1 aliphatic carbocycles. The lowest BCUT2D eigenvalue weighted by Gasteiger charge is -2.11. The molecule has 0 radical (unpaired) electrons. The molecule has 0 unspecified atom stereocenters. The number of benzene rings is 1. The van der Waals surface area contributed by atoms with Crippen molar-refractivity contribution in [3.8, 4) is 5.75 Å². The zero-order chi connectivity index (χ0) is 14.1. The number of halogens is 1. The molecule has 0 atom stereocenters. The number of H-pyrrole nitrogens is 1. The minimum absolute atomic E-state index is 0.0732. The Labute approximate surface area is 121 Å². The summed E-state index contributed by atoms with van der Waals surface area (Å²) in [4.78, 5) is 19.2. The van der Waals surface area contributed by atoms with E-state index in [1.807, 2.05) is 0 Å². The molecule has 0 saturated carbocycles. The molecule has 104 valence electrons. The van der Waals surface area contributed by atoms with E-state index < -0.39 is 0 Å². The van der Waals surface area contributed by atoms with Crippen LogP contribution in [0.15, 0.2) is 23.0 Å². The third kappa shape index (κ3) is 2.36. The van der Waals surface area contributed by atoms with Gasteiger partial charge in [-0.3, -0.25) is 9.78 Å². The first-order valence-corrected chi connectivity index (χ1v) is 6.78. The van der Waals surface area contributed by atoms with E-state index >= 15 is 0 Å². The largest absolute Gasteiger partial charge is 0.495 e. The van der Waals surface area contributed by atoms with Gasteiger partial charge in [0.05, 0.1) is 18.5 Å². The molecule has 0 amide bonds. The zero-order valence-corrected chi connectivity index (χ0v) is 11.8. The third-order valence-electron chi connectivity index (χ3n) is 3.36. The number of nitrogens with zero attached hydrogens (tertiary/aromatic N) is 1. The number of rotatable bonds is 3. The first-order chi connectivity index (χ1) is 9.67. The fourth-order valence-electron chi connectivity index (χ4n) is 2.41. The minimum Gasteiger partial charge on any atom is -0.495 e. The normalized spacial score (nSPS) is 13.1. The third-order valence-corrected chi connectivity index (χ3v) is 3.59. The smallest absolute Gasteiger partial charge is 0.255 e. The van der Waals surface area contributed by atoms with Gasteiger partial charge in [-0.15, -0.1) is 0 Å². The lowest BCUT2D eigenvalue weighted by atomic mass is 10.2. The predicted octanol–water partition coefficient (Wildman–Crippen LogP) is 2.66. The van der Waals surface area contributed by atoms with Crippen LogP contribution in [0.2, 0.25) is 5.02 Å². The number of anilines is 2. The number of methoxy groups -OCH3 is 1. The Bertz CT molecular complexity index is 712. The summed E-state index contributed by atoms with van der Waals surface area (Å²) >= 11 is 5.98. The number of fused-ring (bicyclic) bond motifs is 1. The van der Waals surface area contributed by atoms with Crippen LogP contribution in [0.5, 0.6) is 5.75 Å². The van der Waals surface area contributed by atoms with E-state index in [9.17, 15) is 4.79 Å². The van der Waals surface area contributed by atoms with Crippen molar-refractivity contribution in [3.05, 3.63) is 44.8 Å². The van der Waals surface area contributed by atoms with Crippen molar-refractivity contribution in [2.75, 3.05) is 12.4 Å². The summed E-state index contributed by atoms with van der Waals surface area (Å²) in [6.07, 6.45) is 2.63. The number of nitrogens with one attached hydrogen (secondary N) is 2. The highest BCUT2D eigenvalue weighted by Gasteiger charge is 2.17. The van der Waals surface area contributed by atoms with E-state index in [2.05, 4.69) is 15.3 Å². The molecule has 2 aromatic rings. The molecular weight excluding hydrogens is 278 g/mol. The van der Waals surface area contributed by atoms with E-state index in [1.54, 1.807) is 25.3 Å². The summed E-state index contributed by atoms with van der Waals surface area (Å²) < 4.78 is 5.25. The van der Waals surface area contributed by atoms with Gasteiger partial charge < -0.3 is 10.1 Å². The van der Waals surface area contributed by atoms with Gasteiger partial charge in [0.25, 0.3) is 5.56 Å². The molecule has 0 bridgehead atoms. The van der Waals surface area contributed by atoms with Crippen LogP contribution in [0.25, 0.3) is 0 Å². The quantitative estimate of drug-likeness (QED) is 0.912. The van der Waals surface area contributed by atoms with E-state index in [1.165, 1.54) is 0 Å². The monoisotopic (exact) mass is 291 g/mol. The summed E-state index contributed by atoms with van der Waals surface area (Å²) in [5.74, 6) is 1.05. The Morgan fingerprint density at radius 3 is 3.05 bits per heavy atom. The van der Waals surface area contributed by atoms with Crippen LogP contribution in [0.3, 0.4) is 0 Å². The Balaban J connectivity index is 1.98. The lowest BCUT2D eigenvalue weighted by Crippen LogP contribution is -2.16. The molecule has 1 aromatic heterocycles. The SMILES string of the molecule is COc1ccc(Cl)cc1Nc1nc2c(c(=O)[nH]1)CCC2. The van der Waals surface area contributed by atoms with Crippen LogP contribution in [0.1, 0.15) is 17.7 Å².